The predicted octanol–water partition coefficient (Wildman–Crippen LogP) is 3.25. The third-order valence-electron chi connectivity index (χ3n) is 3.94. The van der Waals surface area contributed by atoms with Crippen molar-refractivity contribution in [1.29, 1.82) is 0 Å². The first-order valence-corrected chi connectivity index (χ1v) is 6.81. The fourth-order valence-corrected chi connectivity index (χ4v) is 2.61. The zero-order chi connectivity index (χ0) is 13.0. The molecule has 1 fully saturated rings. The second-order valence-electron chi connectivity index (χ2n) is 5.19. The normalized spacial score (nSPS) is 28.3. The zero-order valence-electron chi connectivity index (χ0n) is 10.9. The molecule has 0 saturated heterocycles. The van der Waals surface area contributed by atoms with Crippen LogP contribution in [-0.2, 0) is 11.3 Å². The fourth-order valence-electron chi connectivity index (χ4n) is 2.61. The molecular formula is C15H22FNO. The minimum Gasteiger partial charge on any atom is -0.372 e. The van der Waals surface area contributed by atoms with Crippen LogP contribution in [0.2, 0.25) is 0 Å². The zero-order valence-corrected chi connectivity index (χ0v) is 10.9. The quantitative estimate of drug-likeness (QED) is 0.891. The summed E-state index contributed by atoms with van der Waals surface area (Å²) in [6.07, 6.45) is 4.46. The van der Waals surface area contributed by atoms with Crippen LogP contribution in [0.25, 0.3) is 0 Å². The number of hydrogen-bond acceptors (Lipinski definition) is 2. The second kappa shape index (κ2) is 6.30. The summed E-state index contributed by atoms with van der Waals surface area (Å²) in [6.45, 7) is 2.52. The van der Waals surface area contributed by atoms with E-state index in [1.165, 1.54) is 18.9 Å². The SMILES string of the molecule is CCC1CCC(N)C(OCc2ccccc2F)C1. The molecule has 0 spiro atoms. The summed E-state index contributed by atoms with van der Waals surface area (Å²) in [6, 6.07) is 6.85. The third kappa shape index (κ3) is 3.30. The van der Waals surface area contributed by atoms with E-state index in [0.717, 1.165) is 12.8 Å². The van der Waals surface area contributed by atoms with E-state index in [1.807, 2.05) is 6.07 Å². The van der Waals surface area contributed by atoms with Crippen molar-refractivity contribution in [3.8, 4) is 0 Å². The maximum atomic E-state index is 13.5. The van der Waals surface area contributed by atoms with Gasteiger partial charge in [0, 0.05) is 11.6 Å². The van der Waals surface area contributed by atoms with Crippen LogP contribution in [0.4, 0.5) is 4.39 Å². The lowest BCUT2D eigenvalue weighted by atomic mass is 9.83. The molecule has 100 valence electrons. The third-order valence-corrected chi connectivity index (χ3v) is 3.94. The van der Waals surface area contributed by atoms with E-state index >= 15 is 0 Å². The lowest BCUT2D eigenvalue weighted by Gasteiger charge is -2.33. The first kappa shape index (κ1) is 13.5. The van der Waals surface area contributed by atoms with E-state index in [9.17, 15) is 4.39 Å². The van der Waals surface area contributed by atoms with Gasteiger partial charge in [0.25, 0.3) is 0 Å². The molecule has 1 aliphatic rings. The molecule has 1 saturated carbocycles. The van der Waals surface area contributed by atoms with Crippen LogP contribution < -0.4 is 5.73 Å². The van der Waals surface area contributed by atoms with Crippen molar-refractivity contribution in [1.82, 2.24) is 0 Å². The molecule has 3 atom stereocenters. The van der Waals surface area contributed by atoms with Gasteiger partial charge in [-0.2, -0.15) is 0 Å². The highest BCUT2D eigenvalue weighted by Crippen LogP contribution is 2.28. The van der Waals surface area contributed by atoms with E-state index < -0.39 is 0 Å². The number of ether oxygens (including phenoxy) is 1. The summed E-state index contributed by atoms with van der Waals surface area (Å²) < 4.78 is 19.3. The molecule has 0 heterocycles. The molecule has 0 amide bonds. The highest BCUT2D eigenvalue weighted by atomic mass is 19.1. The van der Waals surface area contributed by atoms with Gasteiger partial charge >= 0.3 is 0 Å². The standard InChI is InChI=1S/C15H22FNO/c1-2-11-7-8-14(17)15(9-11)18-10-12-5-3-4-6-13(12)16/h3-6,11,14-15H,2,7-10,17H2,1H3. The fraction of sp³-hybridized carbons (Fsp3) is 0.600. The van der Waals surface area contributed by atoms with E-state index in [-0.39, 0.29) is 18.0 Å². The molecular weight excluding hydrogens is 229 g/mol. The van der Waals surface area contributed by atoms with Crippen LogP contribution in [0.1, 0.15) is 38.2 Å². The van der Waals surface area contributed by atoms with Gasteiger partial charge < -0.3 is 10.5 Å². The second-order valence-corrected chi connectivity index (χ2v) is 5.19. The summed E-state index contributed by atoms with van der Waals surface area (Å²) in [5.41, 5.74) is 6.69. The molecule has 0 radical (unpaired) electrons. The van der Waals surface area contributed by atoms with E-state index in [4.69, 9.17) is 10.5 Å². The highest BCUT2D eigenvalue weighted by Gasteiger charge is 2.27. The molecule has 0 bridgehead atoms. The van der Waals surface area contributed by atoms with Gasteiger partial charge in [0.2, 0.25) is 0 Å². The maximum absolute atomic E-state index is 13.5. The number of hydrogen-bond donors (Lipinski definition) is 1. The van der Waals surface area contributed by atoms with Crippen molar-refractivity contribution in [2.24, 2.45) is 11.7 Å². The Hall–Kier alpha value is -0.930. The smallest absolute Gasteiger partial charge is 0.128 e. The van der Waals surface area contributed by atoms with E-state index in [1.54, 1.807) is 12.1 Å². The number of nitrogens with two attached hydrogens (primary N) is 1. The number of benzene rings is 1. The van der Waals surface area contributed by atoms with Gasteiger partial charge in [0.1, 0.15) is 5.82 Å². The van der Waals surface area contributed by atoms with Crippen molar-refractivity contribution < 1.29 is 9.13 Å². The molecule has 2 nitrogen and oxygen atoms in total. The van der Waals surface area contributed by atoms with Gasteiger partial charge in [-0.15, -0.1) is 0 Å². The Kier molecular flexibility index (Phi) is 4.72. The minimum atomic E-state index is -0.200. The topological polar surface area (TPSA) is 35.2 Å². The van der Waals surface area contributed by atoms with Crippen LogP contribution >= 0.6 is 0 Å². The van der Waals surface area contributed by atoms with Crippen molar-refractivity contribution in [2.45, 2.75) is 51.4 Å². The number of rotatable bonds is 4. The Morgan fingerprint density at radius 1 is 1.33 bits per heavy atom. The Bertz CT molecular complexity index is 383. The molecule has 18 heavy (non-hydrogen) atoms. The average Bonchev–Trinajstić information content (AvgIpc) is 2.39. The minimum absolute atomic E-state index is 0.0725. The van der Waals surface area contributed by atoms with Gasteiger partial charge in [0.15, 0.2) is 0 Å². The summed E-state index contributed by atoms with van der Waals surface area (Å²) >= 11 is 0. The summed E-state index contributed by atoms with van der Waals surface area (Å²) in [4.78, 5) is 0. The Balaban J connectivity index is 1.90. The molecule has 1 aliphatic carbocycles. The molecule has 1 aromatic rings. The van der Waals surface area contributed by atoms with Crippen molar-refractivity contribution in [2.75, 3.05) is 0 Å². The Morgan fingerprint density at radius 2 is 2.11 bits per heavy atom. The van der Waals surface area contributed by atoms with Crippen molar-refractivity contribution >= 4 is 0 Å². The molecule has 0 aromatic heterocycles. The number of halogens is 1. The molecule has 2 N–H and O–H groups in total. The lowest BCUT2D eigenvalue weighted by molar-refractivity contribution is -0.0120. The van der Waals surface area contributed by atoms with Crippen molar-refractivity contribution in [3.63, 3.8) is 0 Å². The lowest BCUT2D eigenvalue weighted by Crippen LogP contribution is -2.41. The van der Waals surface area contributed by atoms with Crippen LogP contribution in [0.5, 0.6) is 0 Å². The van der Waals surface area contributed by atoms with Crippen LogP contribution in [0.15, 0.2) is 24.3 Å². The highest BCUT2D eigenvalue weighted by molar-refractivity contribution is 5.16. The molecule has 0 aliphatic heterocycles. The maximum Gasteiger partial charge on any atom is 0.128 e. The Morgan fingerprint density at radius 3 is 2.83 bits per heavy atom. The molecule has 1 aromatic carbocycles. The average molecular weight is 251 g/mol. The summed E-state index contributed by atoms with van der Waals surface area (Å²) in [5, 5.41) is 0. The predicted molar refractivity (Wildman–Crippen MR) is 70.6 cm³/mol. The molecule has 3 heteroatoms. The van der Waals surface area contributed by atoms with Gasteiger partial charge in [0.05, 0.1) is 12.7 Å². The van der Waals surface area contributed by atoms with Crippen LogP contribution in [0.3, 0.4) is 0 Å². The molecule has 2 rings (SSSR count). The van der Waals surface area contributed by atoms with Crippen LogP contribution in [-0.4, -0.2) is 12.1 Å². The van der Waals surface area contributed by atoms with Gasteiger partial charge in [-0.1, -0.05) is 31.5 Å². The first-order valence-electron chi connectivity index (χ1n) is 6.81. The van der Waals surface area contributed by atoms with Gasteiger partial charge in [-0.25, -0.2) is 4.39 Å². The monoisotopic (exact) mass is 251 g/mol. The van der Waals surface area contributed by atoms with Gasteiger partial charge in [-0.3, -0.25) is 0 Å². The van der Waals surface area contributed by atoms with Gasteiger partial charge in [-0.05, 0) is 31.2 Å². The van der Waals surface area contributed by atoms with Crippen LogP contribution in [0, 0.1) is 11.7 Å². The first-order chi connectivity index (χ1) is 8.70. The van der Waals surface area contributed by atoms with E-state index in [2.05, 4.69) is 6.92 Å². The van der Waals surface area contributed by atoms with Crippen molar-refractivity contribution in [3.05, 3.63) is 35.6 Å². The summed E-state index contributed by atoms with van der Waals surface area (Å²) in [5.74, 6) is 0.504. The Labute approximate surface area is 108 Å². The summed E-state index contributed by atoms with van der Waals surface area (Å²) in [7, 11) is 0. The molecule has 3 unspecified atom stereocenters. The van der Waals surface area contributed by atoms with E-state index in [0.29, 0.717) is 18.1 Å². The largest absolute Gasteiger partial charge is 0.372 e.